The van der Waals surface area contributed by atoms with Gasteiger partial charge < -0.3 is 19.3 Å². The molecule has 0 aromatic heterocycles. The van der Waals surface area contributed by atoms with Gasteiger partial charge in [0.25, 0.3) is 0 Å². The lowest BCUT2D eigenvalue weighted by Gasteiger charge is -2.08. The molecule has 5 nitrogen and oxygen atoms in total. The number of hydrogen-bond donors (Lipinski definition) is 1. The van der Waals surface area contributed by atoms with Crippen molar-refractivity contribution in [1.82, 2.24) is 0 Å². The standard InChI is InChI=1S/C9H18O5/c1-8(9(10)11)14-7-6-13-5-3-4-12-2/h8H,3-7H2,1-2H3,(H,10,11)/t8-/m1/s1. The first-order valence-corrected chi connectivity index (χ1v) is 4.59. The molecule has 0 fully saturated rings. The molecule has 0 radical (unpaired) electrons. The lowest BCUT2D eigenvalue weighted by atomic mass is 10.4. The largest absolute Gasteiger partial charge is 0.479 e. The Bertz CT molecular complexity index is 148. The predicted molar refractivity (Wildman–Crippen MR) is 50.4 cm³/mol. The number of rotatable bonds is 9. The van der Waals surface area contributed by atoms with Gasteiger partial charge in [-0.05, 0) is 13.3 Å². The van der Waals surface area contributed by atoms with Gasteiger partial charge in [-0.1, -0.05) is 0 Å². The van der Waals surface area contributed by atoms with Crippen molar-refractivity contribution in [2.45, 2.75) is 19.4 Å². The third-order valence-corrected chi connectivity index (χ3v) is 1.58. The quantitative estimate of drug-likeness (QED) is 0.557. The molecule has 1 N–H and O–H groups in total. The van der Waals surface area contributed by atoms with Crippen LogP contribution in [0, 0.1) is 0 Å². The topological polar surface area (TPSA) is 65.0 Å². The van der Waals surface area contributed by atoms with Crippen molar-refractivity contribution in [3.63, 3.8) is 0 Å². The van der Waals surface area contributed by atoms with Gasteiger partial charge in [0.15, 0.2) is 6.10 Å². The highest BCUT2D eigenvalue weighted by Crippen LogP contribution is 1.91. The van der Waals surface area contributed by atoms with E-state index in [-0.39, 0.29) is 0 Å². The van der Waals surface area contributed by atoms with Gasteiger partial charge in [-0.25, -0.2) is 4.79 Å². The van der Waals surface area contributed by atoms with Gasteiger partial charge in [-0.2, -0.15) is 0 Å². The molecule has 1 atom stereocenters. The molecule has 0 saturated carbocycles. The third kappa shape index (κ3) is 7.97. The fraction of sp³-hybridized carbons (Fsp3) is 0.889. The first-order chi connectivity index (χ1) is 6.68. The van der Waals surface area contributed by atoms with Crippen LogP contribution in [-0.4, -0.2) is 50.7 Å². The third-order valence-electron chi connectivity index (χ3n) is 1.58. The molecule has 0 aliphatic carbocycles. The Morgan fingerprint density at radius 1 is 1.29 bits per heavy atom. The van der Waals surface area contributed by atoms with E-state index in [2.05, 4.69) is 0 Å². The Labute approximate surface area is 84.0 Å². The van der Waals surface area contributed by atoms with Crippen LogP contribution in [-0.2, 0) is 19.0 Å². The molecule has 0 aliphatic heterocycles. The zero-order chi connectivity index (χ0) is 10.8. The van der Waals surface area contributed by atoms with Crippen LogP contribution in [0.3, 0.4) is 0 Å². The van der Waals surface area contributed by atoms with Crippen LogP contribution in [0.4, 0.5) is 0 Å². The Balaban J connectivity index is 3.09. The number of methoxy groups -OCH3 is 1. The highest BCUT2D eigenvalue weighted by molar-refractivity contribution is 5.71. The maximum atomic E-state index is 10.3. The van der Waals surface area contributed by atoms with Gasteiger partial charge in [0, 0.05) is 20.3 Å². The number of carboxylic acid groups (broad SMARTS) is 1. The monoisotopic (exact) mass is 206 g/mol. The van der Waals surface area contributed by atoms with Gasteiger partial charge in [-0.3, -0.25) is 0 Å². The molecule has 0 saturated heterocycles. The number of aliphatic carboxylic acids is 1. The zero-order valence-electron chi connectivity index (χ0n) is 8.69. The van der Waals surface area contributed by atoms with E-state index in [1.54, 1.807) is 7.11 Å². The van der Waals surface area contributed by atoms with Crippen LogP contribution < -0.4 is 0 Å². The van der Waals surface area contributed by atoms with Crippen molar-refractivity contribution in [3.05, 3.63) is 0 Å². The molecule has 0 heterocycles. The summed E-state index contributed by atoms with van der Waals surface area (Å²) in [5, 5.41) is 8.47. The average Bonchev–Trinajstić information content (AvgIpc) is 2.16. The second kappa shape index (κ2) is 8.93. The first kappa shape index (κ1) is 13.4. The Kier molecular flexibility index (Phi) is 8.51. The highest BCUT2D eigenvalue weighted by Gasteiger charge is 2.09. The molecule has 0 unspecified atom stereocenters. The lowest BCUT2D eigenvalue weighted by Crippen LogP contribution is -2.22. The molecular weight excluding hydrogens is 188 g/mol. The van der Waals surface area contributed by atoms with Crippen LogP contribution in [0.5, 0.6) is 0 Å². The molecule has 0 aromatic carbocycles. The summed E-state index contributed by atoms with van der Waals surface area (Å²) in [4.78, 5) is 10.3. The highest BCUT2D eigenvalue weighted by atomic mass is 16.5. The van der Waals surface area contributed by atoms with Gasteiger partial charge in [0.1, 0.15) is 0 Å². The molecular formula is C9H18O5. The summed E-state index contributed by atoms with van der Waals surface area (Å²) in [5.41, 5.74) is 0. The van der Waals surface area contributed by atoms with Crippen LogP contribution >= 0.6 is 0 Å². The van der Waals surface area contributed by atoms with E-state index < -0.39 is 12.1 Å². The molecule has 0 rings (SSSR count). The van der Waals surface area contributed by atoms with Gasteiger partial charge in [-0.15, -0.1) is 0 Å². The van der Waals surface area contributed by atoms with Gasteiger partial charge in [0.2, 0.25) is 0 Å². The van der Waals surface area contributed by atoms with E-state index in [0.717, 1.165) is 6.42 Å². The Morgan fingerprint density at radius 3 is 2.57 bits per heavy atom. The molecule has 0 bridgehead atoms. The maximum absolute atomic E-state index is 10.3. The number of carboxylic acids is 1. The minimum absolute atomic E-state index is 0.306. The smallest absolute Gasteiger partial charge is 0.332 e. The predicted octanol–water partition coefficient (Wildman–Crippen LogP) is 0.529. The molecule has 0 aliphatic rings. The summed E-state index contributed by atoms with van der Waals surface area (Å²) in [7, 11) is 1.64. The number of carbonyl (C=O) groups is 1. The Morgan fingerprint density at radius 2 is 2.00 bits per heavy atom. The van der Waals surface area contributed by atoms with Crippen molar-refractivity contribution in [2.75, 3.05) is 33.5 Å². The molecule has 0 amide bonds. The Hall–Kier alpha value is -0.650. The molecule has 84 valence electrons. The van der Waals surface area contributed by atoms with Crippen molar-refractivity contribution in [3.8, 4) is 0 Å². The first-order valence-electron chi connectivity index (χ1n) is 4.59. The van der Waals surface area contributed by atoms with Crippen LogP contribution in [0.25, 0.3) is 0 Å². The van der Waals surface area contributed by atoms with Crippen molar-refractivity contribution >= 4 is 5.97 Å². The summed E-state index contributed by atoms with van der Waals surface area (Å²) < 4.78 is 15.0. The summed E-state index contributed by atoms with van der Waals surface area (Å²) >= 11 is 0. The van der Waals surface area contributed by atoms with E-state index in [1.807, 2.05) is 0 Å². The van der Waals surface area contributed by atoms with Crippen LogP contribution in [0.1, 0.15) is 13.3 Å². The lowest BCUT2D eigenvalue weighted by molar-refractivity contribution is -0.150. The average molecular weight is 206 g/mol. The summed E-state index contributed by atoms with van der Waals surface area (Å²) in [6.07, 6.45) is 0.0721. The second-order valence-corrected chi connectivity index (χ2v) is 2.81. The molecule has 0 spiro atoms. The molecule has 14 heavy (non-hydrogen) atoms. The SMILES string of the molecule is COCCCOCCO[C@H](C)C(=O)O. The molecule has 5 heteroatoms. The van der Waals surface area contributed by atoms with Crippen LogP contribution in [0.2, 0.25) is 0 Å². The normalized spacial score (nSPS) is 12.7. The van der Waals surface area contributed by atoms with Crippen molar-refractivity contribution < 1.29 is 24.1 Å². The van der Waals surface area contributed by atoms with Crippen molar-refractivity contribution in [1.29, 1.82) is 0 Å². The van der Waals surface area contributed by atoms with E-state index in [0.29, 0.717) is 26.4 Å². The summed E-state index contributed by atoms with van der Waals surface area (Å²) in [6, 6.07) is 0. The second-order valence-electron chi connectivity index (χ2n) is 2.81. The van der Waals surface area contributed by atoms with Gasteiger partial charge >= 0.3 is 5.97 Å². The number of ether oxygens (including phenoxy) is 3. The van der Waals surface area contributed by atoms with Crippen LogP contribution in [0.15, 0.2) is 0 Å². The fourth-order valence-electron chi connectivity index (χ4n) is 0.762. The number of hydrogen-bond acceptors (Lipinski definition) is 4. The van der Waals surface area contributed by atoms with E-state index >= 15 is 0 Å². The molecule has 0 aromatic rings. The van der Waals surface area contributed by atoms with E-state index in [1.165, 1.54) is 6.92 Å². The van der Waals surface area contributed by atoms with Gasteiger partial charge in [0.05, 0.1) is 13.2 Å². The minimum atomic E-state index is -0.954. The fourth-order valence-corrected chi connectivity index (χ4v) is 0.762. The maximum Gasteiger partial charge on any atom is 0.332 e. The summed E-state index contributed by atoms with van der Waals surface area (Å²) in [6.45, 7) is 3.50. The minimum Gasteiger partial charge on any atom is -0.479 e. The van der Waals surface area contributed by atoms with E-state index in [4.69, 9.17) is 19.3 Å². The van der Waals surface area contributed by atoms with Crippen molar-refractivity contribution in [2.24, 2.45) is 0 Å². The zero-order valence-corrected chi connectivity index (χ0v) is 8.69. The summed E-state index contributed by atoms with van der Waals surface area (Å²) in [5.74, 6) is -0.954. The van der Waals surface area contributed by atoms with E-state index in [9.17, 15) is 4.79 Å².